The van der Waals surface area contributed by atoms with Crippen molar-refractivity contribution >= 4 is 5.69 Å². The predicted octanol–water partition coefficient (Wildman–Crippen LogP) is 2.77. The van der Waals surface area contributed by atoms with Gasteiger partial charge in [0, 0.05) is 25.4 Å². The Labute approximate surface area is 103 Å². The number of anilines is 1. The van der Waals surface area contributed by atoms with Gasteiger partial charge < -0.3 is 9.88 Å². The van der Waals surface area contributed by atoms with Crippen LogP contribution in [0.5, 0.6) is 0 Å². The van der Waals surface area contributed by atoms with Crippen LogP contribution in [0, 0.1) is 5.41 Å². The van der Waals surface area contributed by atoms with Gasteiger partial charge in [0.05, 0.1) is 5.69 Å². The van der Waals surface area contributed by atoms with Crippen molar-refractivity contribution in [3.05, 3.63) is 28.7 Å². The molecule has 1 heterocycles. The molecule has 0 aliphatic heterocycles. The monoisotopic (exact) mass is 234 g/mol. The lowest BCUT2D eigenvalue weighted by atomic mass is 9.73. The quantitative estimate of drug-likeness (QED) is 0.853. The summed E-state index contributed by atoms with van der Waals surface area (Å²) in [6, 6.07) is 4.01. The van der Waals surface area contributed by atoms with Crippen molar-refractivity contribution < 1.29 is 0 Å². The molecule has 0 amide bonds. The highest BCUT2D eigenvalue weighted by atomic mass is 16.1. The van der Waals surface area contributed by atoms with Crippen LogP contribution < -0.4 is 10.9 Å². The number of hydrogen-bond acceptors (Lipinski definition) is 2. The van der Waals surface area contributed by atoms with Crippen molar-refractivity contribution in [1.82, 2.24) is 4.57 Å². The molecule has 3 nitrogen and oxygen atoms in total. The van der Waals surface area contributed by atoms with E-state index in [2.05, 4.69) is 19.2 Å². The number of aryl methyl sites for hydroxylation is 1. The first-order chi connectivity index (χ1) is 7.99. The van der Waals surface area contributed by atoms with E-state index in [1.165, 1.54) is 25.7 Å². The summed E-state index contributed by atoms with van der Waals surface area (Å²) in [5.74, 6) is 0. The molecule has 1 saturated carbocycles. The van der Waals surface area contributed by atoms with E-state index in [1.807, 2.05) is 12.3 Å². The summed E-state index contributed by atoms with van der Waals surface area (Å²) in [7, 11) is 1.79. The maximum absolute atomic E-state index is 11.3. The van der Waals surface area contributed by atoms with E-state index in [9.17, 15) is 4.79 Å². The molecule has 0 aromatic carbocycles. The summed E-state index contributed by atoms with van der Waals surface area (Å²) >= 11 is 0. The van der Waals surface area contributed by atoms with Gasteiger partial charge in [-0.1, -0.05) is 26.7 Å². The van der Waals surface area contributed by atoms with Crippen LogP contribution in [0.25, 0.3) is 0 Å². The van der Waals surface area contributed by atoms with Gasteiger partial charge in [-0.3, -0.25) is 4.79 Å². The van der Waals surface area contributed by atoms with Crippen molar-refractivity contribution in [2.24, 2.45) is 12.5 Å². The topological polar surface area (TPSA) is 34.0 Å². The molecule has 1 atom stereocenters. The van der Waals surface area contributed by atoms with Gasteiger partial charge in [-0.25, -0.2) is 0 Å². The van der Waals surface area contributed by atoms with Gasteiger partial charge in [-0.15, -0.1) is 0 Å². The second kappa shape index (κ2) is 4.55. The van der Waals surface area contributed by atoms with Crippen molar-refractivity contribution in [3.8, 4) is 0 Å². The molecule has 2 rings (SSSR count). The van der Waals surface area contributed by atoms with Crippen LogP contribution in [-0.4, -0.2) is 10.6 Å². The molecule has 1 N–H and O–H groups in total. The summed E-state index contributed by atoms with van der Waals surface area (Å²) in [5, 5.41) is 3.58. The van der Waals surface area contributed by atoms with Crippen LogP contribution in [0.15, 0.2) is 23.1 Å². The van der Waals surface area contributed by atoms with Gasteiger partial charge in [-0.2, -0.15) is 0 Å². The molecule has 0 spiro atoms. The SMILES string of the molecule is Cn1cc(NC2CCCCC2(C)C)ccc1=O. The van der Waals surface area contributed by atoms with Crippen LogP contribution in [-0.2, 0) is 7.05 Å². The van der Waals surface area contributed by atoms with Crippen molar-refractivity contribution in [2.75, 3.05) is 5.32 Å². The second-order valence-electron chi connectivity index (χ2n) is 5.80. The Kier molecular flexibility index (Phi) is 3.27. The van der Waals surface area contributed by atoms with Crippen LogP contribution in [0.2, 0.25) is 0 Å². The average molecular weight is 234 g/mol. The number of nitrogens with zero attached hydrogens (tertiary/aromatic N) is 1. The Morgan fingerprint density at radius 3 is 2.76 bits per heavy atom. The van der Waals surface area contributed by atoms with E-state index >= 15 is 0 Å². The van der Waals surface area contributed by atoms with E-state index in [0.29, 0.717) is 11.5 Å². The maximum atomic E-state index is 11.3. The minimum absolute atomic E-state index is 0.0402. The van der Waals surface area contributed by atoms with Crippen molar-refractivity contribution in [2.45, 2.75) is 45.6 Å². The summed E-state index contributed by atoms with van der Waals surface area (Å²) < 4.78 is 1.62. The molecular formula is C14H22N2O. The number of rotatable bonds is 2. The van der Waals surface area contributed by atoms with E-state index in [1.54, 1.807) is 17.7 Å². The second-order valence-corrected chi connectivity index (χ2v) is 5.80. The Hall–Kier alpha value is -1.25. The molecular weight excluding hydrogens is 212 g/mol. The molecule has 1 aromatic heterocycles. The third-order valence-corrected chi connectivity index (χ3v) is 3.93. The molecule has 0 radical (unpaired) electrons. The summed E-state index contributed by atoms with van der Waals surface area (Å²) in [6.45, 7) is 4.65. The zero-order valence-corrected chi connectivity index (χ0v) is 11.0. The molecule has 0 saturated heterocycles. The van der Waals surface area contributed by atoms with Crippen molar-refractivity contribution in [1.29, 1.82) is 0 Å². The molecule has 1 fully saturated rings. The fourth-order valence-electron chi connectivity index (χ4n) is 2.64. The highest BCUT2D eigenvalue weighted by molar-refractivity contribution is 5.41. The number of aromatic nitrogens is 1. The Bertz CT molecular complexity index is 448. The lowest BCUT2D eigenvalue weighted by molar-refractivity contribution is 0.217. The van der Waals surface area contributed by atoms with E-state index in [0.717, 1.165) is 5.69 Å². The third-order valence-electron chi connectivity index (χ3n) is 3.93. The first-order valence-corrected chi connectivity index (χ1v) is 6.42. The van der Waals surface area contributed by atoms with Crippen molar-refractivity contribution in [3.63, 3.8) is 0 Å². The standard InChI is InChI=1S/C14H22N2O/c1-14(2)9-5-4-6-12(14)15-11-7-8-13(17)16(3)10-11/h7-8,10,12,15H,4-6,9H2,1-3H3. The highest BCUT2D eigenvalue weighted by Crippen LogP contribution is 2.37. The fraction of sp³-hybridized carbons (Fsp3) is 0.643. The zero-order chi connectivity index (χ0) is 12.5. The maximum Gasteiger partial charge on any atom is 0.250 e. The molecule has 0 bridgehead atoms. The first kappa shape index (κ1) is 12.2. The van der Waals surface area contributed by atoms with Crippen LogP contribution in [0.3, 0.4) is 0 Å². The van der Waals surface area contributed by atoms with Gasteiger partial charge in [0.15, 0.2) is 0 Å². The minimum Gasteiger partial charge on any atom is -0.381 e. The van der Waals surface area contributed by atoms with Crippen LogP contribution in [0.1, 0.15) is 39.5 Å². The molecule has 17 heavy (non-hydrogen) atoms. The molecule has 1 aromatic rings. The van der Waals surface area contributed by atoms with E-state index in [-0.39, 0.29) is 5.56 Å². The first-order valence-electron chi connectivity index (χ1n) is 6.42. The molecule has 1 unspecified atom stereocenters. The lowest BCUT2D eigenvalue weighted by Crippen LogP contribution is -2.39. The zero-order valence-electron chi connectivity index (χ0n) is 11.0. The van der Waals surface area contributed by atoms with Gasteiger partial charge in [0.2, 0.25) is 5.56 Å². The van der Waals surface area contributed by atoms with Crippen LogP contribution in [0.4, 0.5) is 5.69 Å². The number of hydrogen-bond donors (Lipinski definition) is 1. The average Bonchev–Trinajstić information content (AvgIpc) is 2.26. The largest absolute Gasteiger partial charge is 0.381 e. The van der Waals surface area contributed by atoms with Gasteiger partial charge in [0.25, 0.3) is 0 Å². The summed E-state index contributed by atoms with van der Waals surface area (Å²) in [4.78, 5) is 11.3. The highest BCUT2D eigenvalue weighted by Gasteiger charge is 2.31. The third kappa shape index (κ3) is 2.71. The smallest absolute Gasteiger partial charge is 0.250 e. The molecule has 3 heteroatoms. The molecule has 1 aliphatic rings. The molecule has 94 valence electrons. The van der Waals surface area contributed by atoms with E-state index in [4.69, 9.17) is 0 Å². The normalized spacial score (nSPS) is 23.4. The predicted molar refractivity (Wildman–Crippen MR) is 71.3 cm³/mol. The summed E-state index contributed by atoms with van der Waals surface area (Å²) in [6.07, 6.45) is 7.00. The lowest BCUT2D eigenvalue weighted by Gasteiger charge is -2.39. The number of pyridine rings is 1. The Balaban J connectivity index is 2.14. The molecule has 1 aliphatic carbocycles. The Morgan fingerprint density at radius 2 is 2.12 bits per heavy atom. The van der Waals surface area contributed by atoms with E-state index < -0.39 is 0 Å². The minimum atomic E-state index is 0.0402. The Morgan fingerprint density at radius 1 is 1.35 bits per heavy atom. The van der Waals surface area contributed by atoms with Crippen LogP contribution >= 0.6 is 0 Å². The van der Waals surface area contributed by atoms with Gasteiger partial charge >= 0.3 is 0 Å². The van der Waals surface area contributed by atoms with Gasteiger partial charge in [0.1, 0.15) is 0 Å². The summed E-state index contributed by atoms with van der Waals surface area (Å²) in [5.41, 5.74) is 1.43. The number of nitrogens with one attached hydrogen (secondary N) is 1. The van der Waals surface area contributed by atoms with Gasteiger partial charge in [-0.05, 0) is 24.3 Å². The fourth-order valence-corrected chi connectivity index (χ4v) is 2.64.